The number of hydrogen-bond acceptors (Lipinski definition) is 32. The molecule has 16 N–H and O–H groups in total. The molecule has 0 bridgehead atoms. The number of nitrogens with one attached hydrogen (secondary N) is 2. The number of aliphatic hydroxyl groups excluding tert-OH is 13. The van der Waals surface area contributed by atoms with Crippen molar-refractivity contribution in [3.05, 3.63) is 0 Å². The van der Waals surface area contributed by atoms with Gasteiger partial charge in [-0.2, -0.15) is 0 Å². The van der Waals surface area contributed by atoms with Gasteiger partial charge in [0.1, 0.15) is 109 Å². The molecular formula is C78H138N3O33P. The van der Waals surface area contributed by atoms with E-state index in [9.17, 15) is 114 Å². The Labute approximate surface area is 675 Å². The second kappa shape index (κ2) is 58.1. The molecule has 8 unspecified atom stereocenters. The van der Waals surface area contributed by atoms with E-state index in [1.807, 2.05) is 0 Å². The van der Waals surface area contributed by atoms with Crippen LogP contribution in [0.15, 0.2) is 0 Å². The first-order chi connectivity index (χ1) is 55.0. The Hall–Kier alpha value is -3.97. The predicted molar refractivity (Wildman–Crippen MR) is 409 cm³/mol. The highest BCUT2D eigenvalue weighted by molar-refractivity contribution is 7.53. The monoisotopic (exact) mass is 1680 g/mol. The van der Waals surface area contributed by atoms with Gasteiger partial charge in [-0.3, -0.25) is 42.9 Å². The van der Waals surface area contributed by atoms with Crippen LogP contribution in [-0.4, -0.2) is 324 Å². The van der Waals surface area contributed by atoms with E-state index in [0.29, 0.717) is 116 Å². The highest BCUT2D eigenvalue weighted by Crippen LogP contribution is 2.47. The van der Waals surface area contributed by atoms with Crippen molar-refractivity contribution in [1.82, 2.24) is 15.5 Å². The number of rotatable bonds is 67. The van der Waals surface area contributed by atoms with Crippen molar-refractivity contribution >= 4 is 54.2 Å². The van der Waals surface area contributed by atoms with E-state index in [-0.39, 0.29) is 178 Å². The number of Topliss-reactive ketones (excluding diaryl/α,β-unsaturated/α-hetero) is 5. The van der Waals surface area contributed by atoms with Crippen LogP contribution >= 0.6 is 7.60 Å². The molecule has 37 heteroatoms. The van der Waals surface area contributed by atoms with Crippen LogP contribution in [0.25, 0.3) is 0 Å². The van der Waals surface area contributed by atoms with Crippen LogP contribution in [0.4, 0.5) is 0 Å². The van der Waals surface area contributed by atoms with Gasteiger partial charge in [-0.1, -0.05) is 65.2 Å². The summed E-state index contributed by atoms with van der Waals surface area (Å²) in [5.74, 6) is -3.43. The third-order valence-corrected chi connectivity index (χ3v) is 22.7. The van der Waals surface area contributed by atoms with Gasteiger partial charge < -0.3 is 134 Å². The fourth-order valence-electron chi connectivity index (χ4n) is 13.5. The molecule has 4 saturated heterocycles. The molecule has 4 heterocycles. The largest absolute Gasteiger partial charge is 0.394 e. The number of unbranched alkanes of at least 4 members (excludes halogenated alkanes) is 15. The average Bonchev–Trinajstić information content (AvgIpc) is 1.84. The minimum atomic E-state index is -3.86. The molecule has 0 saturated carbocycles. The number of ether oxygens (including phenoxy) is 9. The number of carbonyl (C=O) groups excluding carboxylic acids is 8. The lowest BCUT2D eigenvalue weighted by molar-refractivity contribution is -0.301. The number of likely N-dealkylation sites (tertiary alicyclic amines) is 1. The zero-order chi connectivity index (χ0) is 84.7. The first kappa shape index (κ1) is 103. The summed E-state index contributed by atoms with van der Waals surface area (Å²) < 4.78 is 68.9. The number of ketones is 5. The molecule has 4 rings (SSSR count). The third kappa shape index (κ3) is 40.5. The van der Waals surface area contributed by atoms with Crippen LogP contribution < -0.4 is 10.6 Å². The van der Waals surface area contributed by atoms with E-state index in [1.54, 1.807) is 13.8 Å². The van der Waals surface area contributed by atoms with Crippen LogP contribution in [0.3, 0.4) is 0 Å². The smallest absolute Gasteiger partial charge is 0.330 e. The summed E-state index contributed by atoms with van der Waals surface area (Å²) >= 11 is 0. The maximum atomic E-state index is 14.0. The second-order valence-electron chi connectivity index (χ2n) is 30.9. The van der Waals surface area contributed by atoms with Gasteiger partial charge in [0, 0.05) is 110 Å². The normalized spacial score (nSPS) is 26.8. The summed E-state index contributed by atoms with van der Waals surface area (Å²) in [7, 11) is -3.86. The van der Waals surface area contributed by atoms with Crippen molar-refractivity contribution in [1.29, 1.82) is 0 Å². The number of β-amino-alcohol motifs (C(OH)–C–C–N with tert-alkyl or cyclic N) is 1. The van der Waals surface area contributed by atoms with Gasteiger partial charge in [0.15, 0.2) is 18.9 Å². The Bertz CT molecular complexity index is 2720. The van der Waals surface area contributed by atoms with Gasteiger partial charge >= 0.3 is 7.60 Å². The zero-order valence-corrected chi connectivity index (χ0v) is 68.3. The first-order valence-corrected chi connectivity index (χ1v) is 43.3. The van der Waals surface area contributed by atoms with E-state index in [0.717, 1.165) is 32.1 Å². The molecule has 0 radical (unpaired) electrons. The lowest BCUT2D eigenvalue weighted by Gasteiger charge is -2.39. The molecule has 4 fully saturated rings. The zero-order valence-electron chi connectivity index (χ0n) is 67.5. The lowest BCUT2D eigenvalue weighted by Crippen LogP contribution is -2.59. The van der Waals surface area contributed by atoms with Crippen LogP contribution in [0.2, 0.25) is 0 Å². The molecule has 3 amide bonds. The molecular weight excluding hydrogens is 1540 g/mol. The SMILES string of the molecule is CC(C)P(=O)(O)OC[C@@H]1C[C@@H](O)CN1C(=O)CCCCCCCCCCC(=O)NC(COCCC(=O)CCCCCC(=O)CCCCO[C@@H]1OC(CO)[C@H](O)[C@H](O)C1O)(OCCC(=O)CCCCCC(=O)CCCCO[C@@H]1OC(CO)[C@H](O)[C@H](O)C1O)OCCC(=O)NCCCCC(=O)CCCCOC1OC(CO)[C@H](O)[C@H](O)[C@@H]1O. The molecule has 0 aliphatic carbocycles. The fraction of sp³-hybridized carbons (Fsp3) is 0.897. The second-order valence-corrected chi connectivity index (χ2v) is 33.3. The molecule has 4 aliphatic rings. The molecule has 4 aliphatic heterocycles. The summed E-state index contributed by atoms with van der Waals surface area (Å²) in [4.78, 5) is 117. The maximum absolute atomic E-state index is 14.0. The van der Waals surface area contributed by atoms with Crippen LogP contribution in [0, 0.1) is 0 Å². The molecule has 115 heavy (non-hydrogen) atoms. The number of aliphatic hydroxyl groups is 13. The van der Waals surface area contributed by atoms with E-state index in [2.05, 4.69) is 10.6 Å². The van der Waals surface area contributed by atoms with Crippen molar-refractivity contribution in [2.24, 2.45) is 0 Å². The van der Waals surface area contributed by atoms with Gasteiger partial charge in [0.2, 0.25) is 17.7 Å². The van der Waals surface area contributed by atoms with Gasteiger partial charge in [0.05, 0.1) is 70.5 Å². The number of carbonyl (C=O) groups is 8. The van der Waals surface area contributed by atoms with E-state index in [4.69, 9.17) is 47.2 Å². The van der Waals surface area contributed by atoms with Crippen molar-refractivity contribution in [3.8, 4) is 0 Å². The maximum Gasteiger partial charge on any atom is 0.330 e. The minimum absolute atomic E-state index is 0.00489. The van der Waals surface area contributed by atoms with Gasteiger partial charge in [-0.05, 0) is 96.3 Å². The summed E-state index contributed by atoms with van der Waals surface area (Å²) in [5.41, 5.74) is -0.611. The standard InChI is InChI=1S/C78H138N3O33P/c1-52(2)115(103,104)111-50-53-45-59(90)46-81(53)65(93)34-16-8-6-4-3-5-7-15-33-64(92)80-78(109-43-36-58(89)28-14-10-12-26-55(86)31-19-23-40-107-76-73(101)70(98)67(95)61(48-83)113-76,110-44-37-63(91)79-38-21-17-29-56(87)32-20-24-41-108-77-74(102)71(99)68(96)62(49-84)114-77)51-105-42-35-57(88)27-13-9-11-25-54(85)30-18-22-39-106-75-72(100)69(97)66(94)60(47-82)112-75/h52-53,59-62,66-77,82-84,90,94-102H,3-51H2,1-2H3,(H,79,91)(H,80,92)(H,103,104)/t53-,59+,60?,61?,62?,66-,67-,68-,69-,70-,71-,72?,73?,74-,75+,76+,77?,78?/m0/s1. The average molecular weight is 1680 g/mol. The topological polar surface area (TPSA) is 556 Å². The molecule has 19 atom stereocenters. The summed E-state index contributed by atoms with van der Waals surface area (Å²) in [6.45, 7) is 0.670. The van der Waals surface area contributed by atoms with E-state index in [1.165, 1.54) is 4.90 Å². The lowest BCUT2D eigenvalue weighted by atomic mass is 9.99. The summed E-state index contributed by atoms with van der Waals surface area (Å²) in [5, 5.41) is 135. The van der Waals surface area contributed by atoms with Gasteiger partial charge in [-0.15, -0.1) is 0 Å². The Morgan fingerprint density at radius 2 is 0.765 bits per heavy atom. The highest BCUT2D eigenvalue weighted by Gasteiger charge is 2.47. The Balaban J connectivity index is 1.30. The predicted octanol–water partition coefficient (Wildman–Crippen LogP) is 1.44. The van der Waals surface area contributed by atoms with Crippen LogP contribution in [0.5, 0.6) is 0 Å². The molecule has 668 valence electrons. The quantitative estimate of drug-likeness (QED) is 0.0233. The van der Waals surface area contributed by atoms with Crippen molar-refractivity contribution < 1.29 is 161 Å². The minimum Gasteiger partial charge on any atom is -0.394 e. The Morgan fingerprint density at radius 3 is 1.17 bits per heavy atom. The molecule has 0 aromatic rings. The number of amides is 3. The van der Waals surface area contributed by atoms with E-state index < -0.39 is 162 Å². The Kier molecular flexibility index (Phi) is 52.2. The highest BCUT2D eigenvalue weighted by atomic mass is 31.2. The Morgan fingerprint density at radius 1 is 0.417 bits per heavy atom. The van der Waals surface area contributed by atoms with E-state index >= 15 is 0 Å². The summed E-state index contributed by atoms with van der Waals surface area (Å²) in [6, 6.07) is -0.499. The van der Waals surface area contributed by atoms with Gasteiger partial charge in [-0.25, -0.2) is 0 Å². The van der Waals surface area contributed by atoms with Crippen LogP contribution in [0.1, 0.15) is 245 Å². The number of hydrogen-bond donors (Lipinski definition) is 16. The summed E-state index contributed by atoms with van der Waals surface area (Å²) in [6.07, 6.45) is -6.93. The van der Waals surface area contributed by atoms with Crippen molar-refractivity contribution in [3.63, 3.8) is 0 Å². The number of nitrogens with zero attached hydrogens (tertiary/aromatic N) is 1. The first-order valence-electron chi connectivity index (χ1n) is 41.7. The van der Waals surface area contributed by atoms with Crippen LogP contribution in [-0.2, 0) is 90.1 Å². The van der Waals surface area contributed by atoms with Gasteiger partial charge in [0.25, 0.3) is 5.91 Å². The molecule has 0 aromatic carbocycles. The third-order valence-electron chi connectivity index (χ3n) is 20.9. The molecule has 36 nitrogen and oxygen atoms in total. The molecule has 0 spiro atoms. The van der Waals surface area contributed by atoms with Crippen molar-refractivity contribution in [2.75, 3.05) is 85.8 Å². The van der Waals surface area contributed by atoms with Crippen molar-refractivity contribution in [2.45, 2.75) is 361 Å². The fourth-order valence-corrected chi connectivity index (χ4v) is 14.2. The molecule has 0 aromatic heterocycles.